The Morgan fingerprint density at radius 2 is 0.919 bits per heavy atom. The number of hydrogen-bond acceptors (Lipinski definition) is 4. The molecule has 8 heteroatoms. The molecule has 4 aromatic heterocycles. The molecular weight excluding hydrogens is 1290 g/mol. The second kappa shape index (κ2) is 28.4. The molecule has 0 saturated carbocycles. The van der Waals surface area contributed by atoms with Crippen molar-refractivity contribution < 1.29 is 48.4 Å². The number of benzene rings is 6. The molecule has 10 aromatic rings. The number of aromatic nitrogens is 4. The Morgan fingerprint density at radius 1 is 0.419 bits per heavy atom. The molecule has 4 nitrogen and oxygen atoms in total. The summed E-state index contributed by atoms with van der Waals surface area (Å²) in [5, 5.41) is 5.61. The minimum atomic E-state index is -2.12. The molecule has 0 spiro atoms. The Labute approximate surface area is 479 Å². The molecule has 0 N–H and O–H groups in total. The molecule has 0 aliphatic rings. The van der Waals surface area contributed by atoms with E-state index in [1.165, 1.54) is 61.9 Å². The minimum Gasteiger partial charge on any atom is -0.305 e. The van der Waals surface area contributed by atoms with Crippen LogP contribution in [0.15, 0.2) is 213 Å². The van der Waals surface area contributed by atoms with Gasteiger partial charge in [0.25, 0.3) is 0 Å². The molecule has 0 aliphatic carbocycles. The summed E-state index contributed by atoms with van der Waals surface area (Å²) in [6, 6.07) is 76.4. The van der Waals surface area contributed by atoms with Crippen molar-refractivity contribution in [2.75, 3.05) is 0 Å². The second-order valence-electron chi connectivity index (χ2n) is 18.3. The van der Waals surface area contributed by atoms with Gasteiger partial charge in [-0.2, -0.15) is 0 Å². The molecule has 0 fully saturated rings. The molecule has 0 bridgehead atoms. The van der Waals surface area contributed by atoms with E-state index in [9.17, 15) is 0 Å². The topological polar surface area (TPSA) is 51.6 Å². The van der Waals surface area contributed by atoms with Crippen LogP contribution in [-0.4, -0.2) is 36.1 Å². The van der Waals surface area contributed by atoms with Crippen LogP contribution in [0.3, 0.4) is 0 Å². The van der Waals surface area contributed by atoms with Gasteiger partial charge in [-0.15, -0.1) is 142 Å². The summed E-state index contributed by atoms with van der Waals surface area (Å²) >= 11 is 0. The van der Waals surface area contributed by atoms with Gasteiger partial charge >= 0.3 is 0 Å². The van der Waals surface area contributed by atoms with Crippen molar-refractivity contribution in [3.05, 3.63) is 265 Å². The van der Waals surface area contributed by atoms with Crippen LogP contribution in [0.5, 0.6) is 0 Å². The van der Waals surface area contributed by atoms with Gasteiger partial charge in [0.1, 0.15) is 0 Å². The van der Waals surface area contributed by atoms with Crippen molar-refractivity contribution >= 4 is 36.9 Å². The first kappa shape index (κ1) is 49.8. The van der Waals surface area contributed by atoms with Crippen LogP contribution < -0.4 is 20.7 Å². The maximum atomic E-state index is 7.42. The maximum Gasteiger partial charge on any atom is 0.0690 e. The van der Waals surface area contributed by atoms with E-state index in [1.807, 2.05) is 79.1 Å². The van der Waals surface area contributed by atoms with Gasteiger partial charge in [0.15, 0.2) is 0 Å². The SMILES string of the molecule is CC[Si](C)(c1c[c-]c(-c2cc(C)ccn2)cc1)c1ccccc1.Cc1cnc(-c2[c-]cccc2)cc1C.[2H]C([2H])([2H])c1ccc(-c2[c-]cc([Si](C)(C)c3ccccc3)cc2)nc1.[2H]C([2H])([2H])c1ccnc(-c2[c-]cccc2)c1.[Ir].[Ir]. The molecule has 10 rings (SSSR count). The molecule has 1 atom stereocenters. The standard InChI is InChI=1S/C21H22NSi.C20H20NSi.C13H12N.C12H10N.2Ir/c1-4-23(3,19-8-6-5-7-9-19)20-12-10-18(11-13-20)21-16-17(2)14-15-22-21;1-16-9-14-20(21-15-16)17-10-12-19(13-11-17)22(2,3)18-7-5-4-6-8-18;1-10-8-13(14-9-11(10)2)12-6-4-3-5-7-12;1-10-7-8-13-12(9-10)11-5-3-2-4-6-11;;/h5-10,12-16H,4H2,1-3H3;4-10,12-15H,1-3H3;3-6,8-9H,1-2H3;2-5,7-9H,1H3;;/q4*-1;;/i;1D3;;1D3;;. The van der Waals surface area contributed by atoms with E-state index in [0.717, 1.165) is 39.3 Å². The molecule has 2 radical (unpaired) electrons. The predicted molar refractivity (Wildman–Crippen MR) is 309 cm³/mol. The Balaban J connectivity index is 0.000000199. The van der Waals surface area contributed by atoms with E-state index in [4.69, 9.17) is 8.22 Å². The third-order valence-corrected chi connectivity index (χ3v) is 21.1. The third kappa shape index (κ3) is 15.8. The summed E-state index contributed by atoms with van der Waals surface area (Å²) in [6.07, 6.45) is 6.71. The first-order valence-corrected chi connectivity index (χ1v) is 29.9. The molecule has 74 heavy (non-hydrogen) atoms. The zero-order chi connectivity index (χ0) is 55.9. The van der Waals surface area contributed by atoms with Crippen molar-refractivity contribution in [3.8, 4) is 45.0 Å². The number of hydrogen-bond donors (Lipinski definition) is 0. The summed E-state index contributed by atoms with van der Waals surface area (Å²) < 4.78 is 44.2. The fraction of sp³-hybridized carbons (Fsp3) is 0.152. The first-order valence-electron chi connectivity index (χ1n) is 27.2. The van der Waals surface area contributed by atoms with Crippen LogP contribution in [0, 0.1) is 58.7 Å². The molecule has 1 unspecified atom stereocenters. The van der Waals surface area contributed by atoms with Gasteiger partial charge in [0.2, 0.25) is 0 Å². The zero-order valence-electron chi connectivity index (χ0n) is 48.9. The van der Waals surface area contributed by atoms with Gasteiger partial charge in [-0.1, -0.05) is 151 Å². The van der Waals surface area contributed by atoms with Gasteiger partial charge < -0.3 is 19.9 Å². The molecule has 0 aliphatic heterocycles. The fourth-order valence-electron chi connectivity index (χ4n) is 7.99. The number of pyridine rings is 4. The fourth-order valence-corrected chi connectivity index (χ4v) is 13.2. The monoisotopic (exact) mass is 1360 g/mol. The molecule has 378 valence electrons. The molecule has 4 heterocycles. The Hall–Kier alpha value is -6.35. The van der Waals surface area contributed by atoms with E-state index in [2.05, 4.69) is 183 Å². The van der Waals surface area contributed by atoms with Crippen LogP contribution in [0.2, 0.25) is 25.7 Å². The van der Waals surface area contributed by atoms with Gasteiger partial charge in [-0.05, 0) is 80.5 Å². The summed E-state index contributed by atoms with van der Waals surface area (Å²) in [7, 11) is -3.40. The van der Waals surface area contributed by atoms with Crippen LogP contribution in [0.1, 0.15) is 43.0 Å². The van der Waals surface area contributed by atoms with Crippen LogP contribution in [0.4, 0.5) is 0 Å². The van der Waals surface area contributed by atoms with Crippen molar-refractivity contribution in [2.45, 2.75) is 67.1 Å². The first-order chi connectivity index (χ1) is 37.3. The quantitative estimate of drug-likeness (QED) is 0.107. The van der Waals surface area contributed by atoms with Crippen molar-refractivity contribution in [1.82, 2.24) is 19.9 Å². The average Bonchev–Trinajstić information content (AvgIpc) is 3.49. The number of nitrogens with zero attached hydrogens (tertiary/aromatic N) is 4. The predicted octanol–water partition coefficient (Wildman–Crippen LogP) is 13.8. The molecular formula is C66H64Ir2N4Si2-4. The summed E-state index contributed by atoms with van der Waals surface area (Å²) in [4.78, 5) is 17.3. The van der Waals surface area contributed by atoms with Crippen molar-refractivity contribution in [1.29, 1.82) is 0 Å². The Morgan fingerprint density at radius 3 is 1.42 bits per heavy atom. The van der Waals surface area contributed by atoms with Crippen molar-refractivity contribution in [3.63, 3.8) is 0 Å². The minimum absolute atomic E-state index is 0. The summed E-state index contributed by atoms with van der Waals surface area (Å²) in [5.74, 6) is 0. The Kier molecular flexibility index (Phi) is 19.1. The van der Waals surface area contributed by atoms with Crippen LogP contribution in [0.25, 0.3) is 45.0 Å². The smallest absolute Gasteiger partial charge is 0.0690 e. The third-order valence-electron chi connectivity index (χ3n) is 12.9. The van der Waals surface area contributed by atoms with E-state index >= 15 is 0 Å². The van der Waals surface area contributed by atoms with Crippen molar-refractivity contribution in [2.24, 2.45) is 0 Å². The molecule has 0 amide bonds. The van der Waals surface area contributed by atoms with Crippen LogP contribution in [-0.2, 0) is 40.2 Å². The van der Waals surface area contributed by atoms with Gasteiger partial charge in [0, 0.05) is 73.2 Å². The normalized spacial score (nSPS) is 12.8. The Bertz CT molecular complexity index is 3470. The van der Waals surface area contributed by atoms with E-state index in [1.54, 1.807) is 24.3 Å². The second-order valence-corrected chi connectivity index (χ2v) is 27.2. The van der Waals surface area contributed by atoms with E-state index < -0.39 is 29.9 Å². The van der Waals surface area contributed by atoms with Gasteiger partial charge in [-0.25, -0.2) is 0 Å². The van der Waals surface area contributed by atoms with Crippen LogP contribution >= 0.6 is 0 Å². The maximum absolute atomic E-state index is 7.42. The zero-order valence-corrected chi connectivity index (χ0v) is 49.7. The largest absolute Gasteiger partial charge is 0.305 e. The number of rotatable bonds is 9. The van der Waals surface area contributed by atoms with Gasteiger partial charge in [0.05, 0.1) is 16.1 Å². The molecule has 6 aromatic carbocycles. The summed E-state index contributed by atoms with van der Waals surface area (Å²) in [6.45, 7) is 11.5. The molecule has 0 saturated heterocycles. The van der Waals surface area contributed by atoms with Gasteiger partial charge in [-0.3, -0.25) is 0 Å². The van der Waals surface area contributed by atoms with E-state index in [-0.39, 0.29) is 45.8 Å². The average molecular weight is 1360 g/mol. The van der Waals surface area contributed by atoms with E-state index in [0.29, 0.717) is 11.3 Å². The number of aryl methyl sites for hydroxylation is 5. The summed E-state index contributed by atoms with van der Waals surface area (Å²) in [5.41, 5.74) is 11.4.